The van der Waals surface area contributed by atoms with Gasteiger partial charge in [0.25, 0.3) is 0 Å². The molecule has 0 radical (unpaired) electrons. The lowest BCUT2D eigenvalue weighted by atomic mass is 10.0. The van der Waals surface area contributed by atoms with Crippen LogP contribution in [0.3, 0.4) is 0 Å². The Morgan fingerprint density at radius 2 is 1.77 bits per heavy atom. The summed E-state index contributed by atoms with van der Waals surface area (Å²) >= 11 is 0. The summed E-state index contributed by atoms with van der Waals surface area (Å²) in [6.07, 6.45) is -0.791. The van der Waals surface area contributed by atoms with Crippen molar-refractivity contribution in [1.29, 1.82) is 0 Å². The number of nitrogens with zero attached hydrogens (tertiary/aromatic N) is 2. The Hall–Kier alpha value is -3.39. The molecule has 1 aliphatic heterocycles. The fourth-order valence-corrected chi connectivity index (χ4v) is 3.49. The van der Waals surface area contributed by atoms with Crippen LogP contribution >= 0.6 is 0 Å². The van der Waals surface area contributed by atoms with E-state index in [4.69, 9.17) is 9.47 Å². The van der Waals surface area contributed by atoms with Crippen molar-refractivity contribution in [3.05, 3.63) is 60.2 Å². The number of anilines is 1. The fourth-order valence-electron chi connectivity index (χ4n) is 3.49. The number of likely N-dealkylation sites (N-methyl/N-ethyl adjacent to an activating group) is 1. The van der Waals surface area contributed by atoms with E-state index >= 15 is 0 Å². The fraction of sp³-hybridized carbons (Fsp3) is 0.348. The Balaban J connectivity index is 1.77. The summed E-state index contributed by atoms with van der Waals surface area (Å²) in [5.74, 6) is -0.0309. The molecule has 0 bridgehead atoms. The zero-order valence-electron chi connectivity index (χ0n) is 17.7. The van der Waals surface area contributed by atoms with Crippen molar-refractivity contribution in [2.75, 3.05) is 37.7 Å². The Morgan fingerprint density at radius 1 is 1.06 bits per heavy atom. The van der Waals surface area contributed by atoms with Gasteiger partial charge in [-0.25, -0.2) is 4.79 Å². The topological polar surface area (TPSA) is 88.2 Å². The normalized spacial score (nSPS) is 15.1. The van der Waals surface area contributed by atoms with Crippen molar-refractivity contribution in [2.24, 2.45) is 0 Å². The second kappa shape index (κ2) is 10.6. The number of ether oxygens (including phenoxy) is 2. The molecule has 31 heavy (non-hydrogen) atoms. The van der Waals surface area contributed by atoms with Gasteiger partial charge in [-0.05, 0) is 31.2 Å². The molecule has 3 amide bonds. The molecular weight excluding hydrogens is 398 g/mol. The highest BCUT2D eigenvalue weighted by Crippen LogP contribution is 2.39. The van der Waals surface area contributed by atoms with Gasteiger partial charge in [-0.2, -0.15) is 0 Å². The van der Waals surface area contributed by atoms with Crippen LogP contribution in [0.2, 0.25) is 0 Å². The molecule has 1 atom stereocenters. The summed E-state index contributed by atoms with van der Waals surface area (Å²) < 4.78 is 10.6. The van der Waals surface area contributed by atoms with E-state index < -0.39 is 12.0 Å². The summed E-state index contributed by atoms with van der Waals surface area (Å²) in [6, 6.07) is 16.8. The van der Waals surface area contributed by atoms with Gasteiger partial charge >= 0.3 is 6.09 Å². The molecule has 0 spiro atoms. The summed E-state index contributed by atoms with van der Waals surface area (Å²) in [4.78, 5) is 40.4. The third kappa shape index (κ3) is 5.61. The standard InChI is InChI=1S/C23H27N3O5/c1-3-25(14-21(27)24-23(29)30-4-2)15-22(28)26-18-12-8-9-13-20(18)31-16-19(26)17-10-6-5-7-11-17/h5-13,19H,3-4,14-16H2,1-2H3,(H,24,27,29)/t19-/m1/s1. The largest absolute Gasteiger partial charge is 0.489 e. The number of para-hydroxylation sites is 2. The van der Waals surface area contributed by atoms with Crippen LogP contribution in [0, 0.1) is 0 Å². The van der Waals surface area contributed by atoms with Gasteiger partial charge in [0, 0.05) is 0 Å². The van der Waals surface area contributed by atoms with E-state index in [1.54, 1.807) is 16.7 Å². The first kappa shape index (κ1) is 22.3. The molecule has 0 saturated carbocycles. The number of fused-ring (bicyclic) bond motifs is 1. The van der Waals surface area contributed by atoms with Crippen molar-refractivity contribution in [3.8, 4) is 5.75 Å². The number of benzene rings is 2. The number of carbonyl (C=O) groups is 3. The van der Waals surface area contributed by atoms with Gasteiger partial charge in [-0.1, -0.05) is 49.4 Å². The van der Waals surface area contributed by atoms with Gasteiger partial charge in [0.15, 0.2) is 0 Å². The number of imide groups is 1. The Morgan fingerprint density at radius 3 is 2.48 bits per heavy atom. The number of hydrogen-bond acceptors (Lipinski definition) is 6. The molecule has 8 heteroatoms. The molecule has 0 fully saturated rings. The molecule has 2 aromatic rings. The van der Waals surface area contributed by atoms with E-state index in [1.807, 2.05) is 61.5 Å². The Labute approximate surface area is 181 Å². The maximum absolute atomic E-state index is 13.4. The zero-order chi connectivity index (χ0) is 22.2. The number of nitrogens with one attached hydrogen (secondary N) is 1. The van der Waals surface area contributed by atoms with Crippen molar-refractivity contribution < 1.29 is 23.9 Å². The molecule has 0 aromatic heterocycles. The van der Waals surface area contributed by atoms with Gasteiger partial charge in [0.05, 0.1) is 31.4 Å². The van der Waals surface area contributed by atoms with E-state index in [9.17, 15) is 14.4 Å². The monoisotopic (exact) mass is 425 g/mol. The molecular formula is C23H27N3O5. The van der Waals surface area contributed by atoms with E-state index in [-0.39, 0.29) is 31.6 Å². The lowest BCUT2D eigenvalue weighted by Gasteiger charge is -2.38. The average Bonchev–Trinajstić information content (AvgIpc) is 2.78. The minimum Gasteiger partial charge on any atom is -0.489 e. The predicted molar refractivity (Wildman–Crippen MR) is 116 cm³/mol. The zero-order valence-corrected chi connectivity index (χ0v) is 17.7. The quantitative estimate of drug-likeness (QED) is 0.734. The summed E-state index contributed by atoms with van der Waals surface area (Å²) in [6.45, 7) is 4.41. The van der Waals surface area contributed by atoms with E-state index in [1.165, 1.54) is 0 Å². The maximum Gasteiger partial charge on any atom is 0.413 e. The Kier molecular flexibility index (Phi) is 7.61. The molecule has 1 heterocycles. The highest BCUT2D eigenvalue weighted by molar-refractivity contribution is 5.98. The van der Waals surface area contributed by atoms with Gasteiger partial charge in [0.1, 0.15) is 12.4 Å². The minimum absolute atomic E-state index is 0.0183. The third-order valence-electron chi connectivity index (χ3n) is 4.98. The first-order valence-electron chi connectivity index (χ1n) is 10.3. The average molecular weight is 425 g/mol. The lowest BCUT2D eigenvalue weighted by Crippen LogP contribution is -2.48. The van der Waals surface area contributed by atoms with Crippen LogP contribution in [0.1, 0.15) is 25.5 Å². The van der Waals surface area contributed by atoms with Crippen LogP contribution in [0.25, 0.3) is 0 Å². The molecule has 3 rings (SSSR count). The summed E-state index contributed by atoms with van der Waals surface area (Å²) in [5.41, 5.74) is 1.66. The Bertz CT molecular complexity index is 918. The highest BCUT2D eigenvalue weighted by Gasteiger charge is 2.34. The smallest absolute Gasteiger partial charge is 0.413 e. The predicted octanol–water partition coefficient (Wildman–Crippen LogP) is 2.75. The van der Waals surface area contributed by atoms with Crippen LogP contribution in [-0.2, 0) is 14.3 Å². The molecule has 1 aliphatic rings. The molecule has 0 aliphatic carbocycles. The molecule has 8 nitrogen and oxygen atoms in total. The number of amides is 3. The molecule has 164 valence electrons. The van der Waals surface area contributed by atoms with Crippen molar-refractivity contribution in [1.82, 2.24) is 10.2 Å². The second-order valence-electron chi connectivity index (χ2n) is 7.04. The molecule has 0 saturated heterocycles. The molecule has 2 aromatic carbocycles. The number of carbonyl (C=O) groups excluding carboxylic acids is 3. The van der Waals surface area contributed by atoms with Crippen LogP contribution in [0.4, 0.5) is 10.5 Å². The van der Waals surface area contributed by atoms with Crippen molar-refractivity contribution in [3.63, 3.8) is 0 Å². The second-order valence-corrected chi connectivity index (χ2v) is 7.04. The number of hydrogen-bond donors (Lipinski definition) is 1. The van der Waals surface area contributed by atoms with E-state index in [0.29, 0.717) is 24.6 Å². The number of rotatable bonds is 7. The first-order valence-corrected chi connectivity index (χ1v) is 10.3. The number of alkyl carbamates (subject to hydrolysis) is 1. The SMILES string of the molecule is CCOC(=O)NC(=O)CN(CC)CC(=O)N1c2ccccc2OC[C@@H]1c1ccccc1. The van der Waals surface area contributed by atoms with Gasteiger partial charge in [-0.15, -0.1) is 0 Å². The van der Waals surface area contributed by atoms with Crippen molar-refractivity contribution >= 4 is 23.6 Å². The lowest BCUT2D eigenvalue weighted by molar-refractivity contribution is -0.123. The summed E-state index contributed by atoms with van der Waals surface area (Å²) in [5, 5.41) is 2.16. The minimum atomic E-state index is -0.791. The van der Waals surface area contributed by atoms with E-state index in [0.717, 1.165) is 5.56 Å². The third-order valence-corrected chi connectivity index (χ3v) is 4.98. The van der Waals surface area contributed by atoms with Crippen LogP contribution < -0.4 is 15.0 Å². The van der Waals surface area contributed by atoms with E-state index in [2.05, 4.69) is 5.32 Å². The highest BCUT2D eigenvalue weighted by atomic mass is 16.5. The van der Waals surface area contributed by atoms with Gasteiger partial charge < -0.3 is 9.47 Å². The van der Waals surface area contributed by atoms with Crippen molar-refractivity contribution in [2.45, 2.75) is 19.9 Å². The maximum atomic E-state index is 13.4. The van der Waals surface area contributed by atoms with Gasteiger partial charge in [-0.3, -0.25) is 24.7 Å². The van der Waals surface area contributed by atoms with Crippen LogP contribution in [-0.4, -0.2) is 55.7 Å². The van der Waals surface area contributed by atoms with Crippen LogP contribution in [0.15, 0.2) is 54.6 Å². The van der Waals surface area contributed by atoms with Gasteiger partial charge in [0.2, 0.25) is 11.8 Å². The summed E-state index contributed by atoms with van der Waals surface area (Å²) in [7, 11) is 0. The first-order chi connectivity index (χ1) is 15.0. The molecule has 0 unspecified atom stereocenters. The van der Waals surface area contributed by atoms with Crippen LogP contribution in [0.5, 0.6) is 5.75 Å². The molecule has 1 N–H and O–H groups in total.